The summed E-state index contributed by atoms with van der Waals surface area (Å²) in [4.78, 5) is 46.1. The first-order valence-corrected chi connectivity index (χ1v) is 12.5. The fraction of sp³-hybridized carbons (Fsp3) is 0.120. The molecule has 3 N–H and O–H groups in total. The molecule has 3 aromatic heterocycles. The van der Waals surface area contributed by atoms with E-state index in [1.54, 1.807) is 17.5 Å². The molecule has 0 radical (unpaired) electrons. The van der Waals surface area contributed by atoms with Gasteiger partial charge in [0.25, 0.3) is 11.8 Å². The van der Waals surface area contributed by atoms with Crippen molar-refractivity contribution in [1.82, 2.24) is 15.3 Å². The third kappa shape index (κ3) is 5.23. The van der Waals surface area contributed by atoms with Crippen LogP contribution in [-0.2, 0) is 20.7 Å². The normalized spacial score (nSPS) is 11.9. The summed E-state index contributed by atoms with van der Waals surface area (Å²) in [6, 6.07) is 17.7. The number of thiophene rings is 1. The molecule has 5 aromatic rings. The summed E-state index contributed by atoms with van der Waals surface area (Å²) in [7, 11) is 0. The molecule has 0 aliphatic heterocycles. The van der Waals surface area contributed by atoms with E-state index in [2.05, 4.69) is 20.6 Å². The zero-order chi connectivity index (χ0) is 24.2. The predicted molar refractivity (Wildman–Crippen MR) is 137 cm³/mol. The van der Waals surface area contributed by atoms with Gasteiger partial charge < -0.3 is 15.0 Å². The molecular formula is C25H20N4O4S2. The van der Waals surface area contributed by atoms with Gasteiger partial charge in [0.2, 0.25) is 0 Å². The number of para-hydroxylation sites is 2. The molecule has 1 atom stereocenters. The van der Waals surface area contributed by atoms with Crippen LogP contribution in [0, 0.1) is 0 Å². The van der Waals surface area contributed by atoms with Crippen LogP contribution in [0.15, 0.2) is 72.2 Å². The lowest BCUT2D eigenvalue weighted by molar-refractivity contribution is -0.149. The van der Waals surface area contributed by atoms with Gasteiger partial charge in [0.05, 0.1) is 15.1 Å². The number of carbonyl (C=O) groups excluding carboxylic acids is 3. The van der Waals surface area contributed by atoms with Crippen molar-refractivity contribution in [1.29, 1.82) is 0 Å². The lowest BCUT2D eigenvalue weighted by Crippen LogP contribution is -2.43. The van der Waals surface area contributed by atoms with Crippen molar-refractivity contribution in [2.45, 2.75) is 12.5 Å². The number of aromatic nitrogens is 2. The van der Waals surface area contributed by atoms with E-state index < -0.39 is 24.5 Å². The maximum absolute atomic E-state index is 13.0. The number of H-pyrrole nitrogens is 1. The van der Waals surface area contributed by atoms with Crippen molar-refractivity contribution in [3.63, 3.8) is 0 Å². The van der Waals surface area contributed by atoms with Crippen molar-refractivity contribution in [2.75, 3.05) is 11.9 Å². The summed E-state index contributed by atoms with van der Waals surface area (Å²) in [6.07, 6.45) is 2.02. The van der Waals surface area contributed by atoms with Gasteiger partial charge in [-0.15, -0.1) is 11.3 Å². The first kappa shape index (κ1) is 22.8. The number of thiazole rings is 1. The maximum atomic E-state index is 13.0. The van der Waals surface area contributed by atoms with E-state index in [4.69, 9.17) is 4.74 Å². The van der Waals surface area contributed by atoms with Crippen molar-refractivity contribution in [3.05, 3.63) is 82.7 Å². The van der Waals surface area contributed by atoms with Crippen LogP contribution >= 0.6 is 22.7 Å². The van der Waals surface area contributed by atoms with Crippen molar-refractivity contribution in [2.24, 2.45) is 0 Å². The SMILES string of the molecule is O=C(COC(=O)[C@H](Cc1c[nH]c2ccccc12)NC(=O)c1cccs1)Nc1nc2ccccc2s1. The predicted octanol–water partition coefficient (Wildman–Crippen LogP) is 4.36. The van der Waals surface area contributed by atoms with Gasteiger partial charge in [0.1, 0.15) is 6.04 Å². The topological polar surface area (TPSA) is 113 Å². The highest BCUT2D eigenvalue weighted by Gasteiger charge is 2.26. The Labute approximate surface area is 208 Å². The highest BCUT2D eigenvalue weighted by atomic mass is 32.1. The number of hydrogen-bond acceptors (Lipinski definition) is 7. The van der Waals surface area contributed by atoms with Gasteiger partial charge in [-0.2, -0.15) is 0 Å². The summed E-state index contributed by atoms with van der Waals surface area (Å²) in [6.45, 7) is -0.492. The molecule has 10 heteroatoms. The standard InChI is InChI=1S/C25H20N4O4S2/c30-22(29-25-28-18-8-3-4-9-20(18)35-25)14-33-24(32)19(27-23(31)21-10-5-11-34-21)12-15-13-26-17-7-2-1-6-16(15)17/h1-11,13,19,26H,12,14H2,(H,27,31)(H,28,29,30)/t19-/m0/s1. The Balaban J connectivity index is 1.27. The average Bonchev–Trinajstić information content (AvgIpc) is 3.62. The molecule has 0 fully saturated rings. The van der Waals surface area contributed by atoms with Gasteiger partial charge in [0, 0.05) is 23.5 Å². The fourth-order valence-electron chi connectivity index (χ4n) is 3.67. The molecule has 2 aromatic carbocycles. The quantitative estimate of drug-likeness (QED) is 0.272. The number of nitrogens with zero attached hydrogens (tertiary/aromatic N) is 1. The molecule has 0 saturated heterocycles. The molecule has 0 bridgehead atoms. The first-order valence-electron chi connectivity index (χ1n) is 10.8. The van der Waals surface area contributed by atoms with Gasteiger partial charge in [-0.1, -0.05) is 47.7 Å². The largest absolute Gasteiger partial charge is 0.454 e. The van der Waals surface area contributed by atoms with Gasteiger partial charge >= 0.3 is 5.97 Å². The van der Waals surface area contributed by atoms with Gasteiger partial charge in [-0.3, -0.25) is 14.9 Å². The Hall–Kier alpha value is -4.02. The molecule has 8 nitrogen and oxygen atoms in total. The number of benzene rings is 2. The van der Waals surface area contributed by atoms with Crippen LogP contribution in [0.4, 0.5) is 5.13 Å². The van der Waals surface area contributed by atoms with Crippen molar-refractivity contribution >= 4 is 66.7 Å². The number of esters is 1. The third-order valence-corrected chi connectivity index (χ3v) is 7.14. The Bertz CT molecular complexity index is 1470. The van der Waals surface area contributed by atoms with Crippen LogP contribution in [0.1, 0.15) is 15.2 Å². The molecular weight excluding hydrogens is 484 g/mol. The number of carbonyl (C=O) groups is 3. The monoisotopic (exact) mass is 504 g/mol. The molecule has 0 spiro atoms. The summed E-state index contributed by atoms with van der Waals surface area (Å²) in [5.41, 5.74) is 2.56. The van der Waals surface area contributed by atoms with Crippen LogP contribution in [0.2, 0.25) is 0 Å². The number of fused-ring (bicyclic) bond motifs is 2. The minimum absolute atomic E-state index is 0.208. The Morgan fingerprint density at radius 2 is 1.86 bits per heavy atom. The van der Waals surface area contributed by atoms with E-state index in [-0.39, 0.29) is 12.3 Å². The zero-order valence-corrected chi connectivity index (χ0v) is 19.9. The second-order valence-electron chi connectivity index (χ2n) is 7.71. The molecule has 0 aliphatic rings. The lowest BCUT2D eigenvalue weighted by atomic mass is 10.0. The van der Waals surface area contributed by atoms with E-state index in [1.807, 2.05) is 54.7 Å². The number of nitrogens with one attached hydrogen (secondary N) is 3. The van der Waals surface area contributed by atoms with E-state index in [0.717, 1.165) is 26.7 Å². The Morgan fingerprint density at radius 1 is 1.03 bits per heavy atom. The molecule has 0 unspecified atom stereocenters. The molecule has 2 amide bonds. The fourth-order valence-corrected chi connectivity index (χ4v) is 5.18. The third-order valence-electron chi connectivity index (χ3n) is 5.32. The van der Waals surface area contributed by atoms with Crippen LogP contribution in [0.3, 0.4) is 0 Å². The number of amides is 2. The Kier molecular flexibility index (Phi) is 6.55. The molecule has 0 aliphatic carbocycles. The van der Waals surface area contributed by atoms with E-state index in [0.29, 0.717) is 10.0 Å². The minimum Gasteiger partial charge on any atom is -0.454 e. The number of aromatic amines is 1. The van der Waals surface area contributed by atoms with Crippen molar-refractivity contribution < 1.29 is 19.1 Å². The van der Waals surface area contributed by atoms with Crippen LogP contribution in [-0.4, -0.2) is 40.4 Å². The molecule has 0 saturated carbocycles. The molecule has 3 heterocycles. The highest BCUT2D eigenvalue weighted by molar-refractivity contribution is 7.22. The minimum atomic E-state index is -0.973. The van der Waals surface area contributed by atoms with Crippen molar-refractivity contribution in [3.8, 4) is 0 Å². The van der Waals surface area contributed by atoms with Crippen LogP contribution in [0.25, 0.3) is 21.1 Å². The second-order valence-corrected chi connectivity index (χ2v) is 9.69. The number of anilines is 1. The van der Waals surface area contributed by atoms with Crippen LogP contribution in [0.5, 0.6) is 0 Å². The Morgan fingerprint density at radius 3 is 2.69 bits per heavy atom. The maximum Gasteiger partial charge on any atom is 0.329 e. The van der Waals surface area contributed by atoms with Gasteiger partial charge in [-0.05, 0) is 35.2 Å². The van der Waals surface area contributed by atoms with E-state index in [9.17, 15) is 14.4 Å². The average molecular weight is 505 g/mol. The summed E-state index contributed by atoms with van der Waals surface area (Å²) in [5, 5.41) is 8.57. The number of ether oxygens (including phenoxy) is 1. The summed E-state index contributed by atoms with van der Waals surface area (Å²) in [5.74, 6) is -1.58. The zero-order valence-electron chi connectivity index (χ0n) is 18.3. The number of hydrogen-bond donors (Lipinski definition) is 3. The molecule has 5 rings (SSSR count). The highest BCUT2D eigenvalue weighted by Crippen LogP contribution is 2.25. The first-order chi connectivity index (χ1) is 17.1. The summed E-state index contributed by atoms with van der Waals surface area (Å²) >= 11 is 2.61. The van der Waals surface area contributed by atoms with Gasteiger partial charge in [-0.25, -0.2) is 9.78 Å². The second kappa shape index (κ2) is 10.1. The molecule has 35 heavy (non-hydrogen) atoms. The van der Waals surface area contributed by atoms with Gasteiger partial charge in [0.15, 0.2) is 11.7 Å². The van der Waals surface area contributed by atoms with E-state index >= 15 is 0 Å². The van der Waals surface area contributed by atoms with E-state index in [1.165, 1.54) is 22.7 Å². The number of rotatable bonds is 8. The summed E-state index contributed by atoms with van der Waals surface area (Å²) < 4.78 is 6.24. The van der Waals surface area contributed by atoms with Crippen LogP contribution < -0.4 is 10.6 Å². The smallest absolute Gasteiger partial charge is 0.329 e. The lowest BCUT2D eigenvalue weighted by Gasteiger charge is -2.17. The molecule has 176 valence electrons.